The average molecular weight is 347 g/mol. The second kappa shape index (κ2) is 9.42. The summed E-state index contributed by atoms with van der Waals surface area (Å²) in [5, 5.41) is 0. The Bertz CT molecular complexity index is 566. The molecule has 2 amide bonds. The molecule has 2 rings (SSSR count). The number of hydrogen-bond acceptors (Lipinski definition) is 4. The van der Waals surface area contributed by atoms with Gasteiger partial charge < -0.3 is 19.4 Å². The van der Waals surface area contributed by atoms with Gasteiger partial charge in [-0.15, -0.1) is 0 Å². The quantitative estimate of drug-likeness (QED) is 0.752. The van der Waals surface area contributed by atoms with Crippen LogP contribution in [-0.4, -0.2) is 72.9 Å². The number of carbonyl (C=O) groups excluding carboxylic acids is 2. The largest absolute Gasteiger partial charge is 0.497 e. The first-order valence-electron chi connectivity index (χ1n) is 8.92. The molecule has 0 saturated carbocycles. The molecule has 1 aromatic carbocycles. The number of methoxy groups -OCH3 is 1. The fourth-order valence-electron chi connectivity index (χ4n) is 3.00. The molecule has 6 heteroatoms. The van der Waals surface area contributed by atoms with Gasteiger partial charge in [-0.1, -0.05) is 19.1 Å². The van der Waals surface area contributed by atoms with Crippen molar-refractivity contribution in [3.8, 4) is 5.75 Å². The van der Waals surface area contributed by atoms with E-state index in [2.05, 4.69) is 11.8 Å². The molecule has 1 heterocycles. The van der Waals surface area contributed by atoms with E-state index in [-0.39, 0.29) is 11.8 Å². The minimum atomic E-state index is -0.0144. The second-order valence-corrected chi connectivity index (χ2v) is 6.35. The monoisotopic (exact) mass is 347 g/mol. The number of carbonyl (C=O) groups is 2. The highest BCUT2D eigenvalue weighted by atomic mass is 16.5. The molecular weight excluding hydrogens is 318 g/mol. The zero-order valence-corrected chi connectivity index (χ0v) is 15.5. The summed E-state index contributed by atoms with van der Waals surface area (Å²) >= 11 is 0. The number of rotatable bonds is 7. The number of likely N-dealkylation sites (N-methyl/N-ethyl adjacent to an activating group) is 1. The van der Waals surface area contributed by atoms with E-state index in [0.29, 0.717) is 19.5 Å². The lowest BCUT2D eigenvalue weighted by atomic mass is 10.2. The van der Waals surface area contributed by atoms with Crippen molar-refractivity contribution in [2.24, 2.45) is 0 Å². The molecule has 0 aromatic heterocycles. The molecule has 0 aliphatic carbocycles. The summed E-state index contributed by atoms with van der Waals surface area (Å²) in [4.78, 5) is 30.3. The molecule has 1 saturated heterocycles. The van der Waals surface area contributed by atoms with Gasteiger partial charge in [0, 0.05) is 52.6 Å². The van der Waals surface area contributed by atoms with Crippen LogP contribution in [0.25, 0.3) is 0 Å². The topological polar surface area (TPSA) is 53.1 Å². The summed E-state index contributed by atoms with van der Waals surface area (Å²) in [6.07, 6.45) is 0.377. The number of benzene rings is 1. The van der Waals surface area contributed by atoms with Crippen LogP contribution >= 0.6 is 0 Å². The number of amides is 2. The number of piperazine rings is 1. The molecule has 138 valence electrons. The van der Waals surface area contributed by atoms with E-state index in [4.69, 9.17) is 4.74 Å². The Labute approximate surface area is 150 Å². The molecule has 1 fully saturated rings. The van der Waals surface area contributed by atoms with Gasteiger partial charge in [0.05, 0.1) is 7.11 Å². The van der Waals surface area contributed by atoms with Crippen LogP contribution in [0.4, 0.5) is 0 Å². The van der Waals surface area contributed by atoms with Gasteiger partial charge >= 0.3 is 0 Å². The Morgan fingerprint density at radius 2 is 1.76 bits per heavy atom. The molecule has 25 heavy (non-hydrogen) atoms. The van der Waals surface area contributed by atoms with Crippen molar-refractivity contribution < 1.29 is 14.3 Å². The lowest BCUT2D eigenvalue weighted by Gasteiger charge is -2.34. The molecule has 0 N–H and O–H groups in total. The fourth-order valence-corrected chi connectivity index (χ4v) is 3.00. The molecule has 1 aromatic rings. The van der Waals surface area contributed by atoms with Gasteiger partial charge in [-0.3, -0.25) is 9.59 Å². The van der Waals surface area contributed by atoms with Crippen LogP contribution in [0.2, 0.25) is 0 Å². The SMILES string of the molecule is CCN1CCN(C(=O)CCN(Cc2ccc(OC)cc2)C(C)=O)CC1. The fraction of sp³-hybridized carbons (Fsp3) is 0.579. The summed E-state index contributed by atoms with van der Waals surface area (Å²) in [5.41, 5.74) is 1.03. The lowest BCUT2D eigenvalue weighted by Crippen LogP contribution is -2.49. The van der Waals surface area contributed by atoms with Crippen LogP contribution in [0.15, 0.2) is 24.3 Å². The summed E-state index contributed by atoms with van der Waals surface area (Å²) < 4.78 is 5.15. The van der Waals surface area contributed by atoms with Crippen molar-refractivity contribution in [2.45, 2.75) is 26.8 Å². The third kappa shape index (κ3) is 5.74. The first-order chi connectivity index (χ1) is 12.0. The Morgan fingerprint density at radius 1 is 1.12 bits per heavy atom. The predicted molar refractivity (Wildman–Crippen MR) is 97.4 cm³/mol. The van der Waals surface area contributed by atoms with Crippen LogP contribution in [-0.2, 0) is 16.1 Å². The van der Waals surface area contributed by atoms with Crippen molar-refractivity contribution in [2.75, 3.05) is 46.4 Å². The first kappa shape index (κ1) is 19.2. The van der Waals surface area contributed by atoms with Crippen LogP contribution in [0, 0.1) is 0 Å². The highest BCUT2D eigenvalue weighted by molar-refractivity contribution is 5.78. The normalized spacial score (nSPS) is 15.1. The van der Waals surface area contributed by atoms with Crippen LogP contribution in [0.5, 0.6) is 5.75 Å². The molecule has 0 atom stereocenters. The molecule has 0 unspecified atom stereocenters. The van der Waals surface area contributed by atoms with E-state index in [9.17, 15) is 9.59 Å². The van der Waals surface area contributed by atoms with Crippen molar-refractivity contribution in [1.82, 2.24) is 14.7 Å². The van der Waals surface area contributed by atoms with E-state index in [1.54, 1.807) is 18.9 Å². The summed E-state index contributed by atoms with van der Waals surface area (Å²) in [6, 6.07) is 7.65. The maximum atomic E-state index is 12.4. The van der Waals surface area contributed by atoms with Gasteiger partial charge in [-0.2, -0.15) is 0 Å². The van der Waals surface area contributed by atoms with Crippen molar-refractivity contribution in [3.05, 3.63) is 29.8 Å². The average Bonchev–Trinajstić information content (AvgIpc) is 2.65. The zero-order valence-electron chi connectivity index (χ0n) is 15.5. The third-order valence-electron chi connectivity index (χ3n) is 4.75. The molecule has 0 bridgehead atoms. The Hall–Kier alpha value is -2.08. The van der Waals surface area contributed by atoms with E-state index in [1.807, 2.05) is 29.2 Å². The minimum absolute atomic E-state index is 0.0144. The molecule has 0 radical (unpaired) electrons. The van der Waals surface area contributed by atoms with Gasteiger partial charge in [0.15, 0.2) is 0 Å². The third-order valence-corrected chi connectivity index (χ3v) is 4.75. The van der Waals surface area contributed by atoms with E-state index in [0.717, 1.165) is 44.0 Å². The first-order valence-corrected chi connectivity index (χ1v) is 8.92. The number of ether oxygens (including phenoxy) is 1. The van der Waals surface area contributed by atoms with Crippen LogP contribution in [0.3, 0.4) is 0 Å². The predicted octanol–water partition coefficient (Wildman–Crippen LogP) is 1.60. The van der Waals surface area contributed by atoms with Crippen molar-refractivity contribution in [3.63, 3.8) is 0 Å². The van der Waals surface area contributed by atoms with Gasteiger partial charge in [-0.25, -0.2) is 0 Å². The van der Waals surface area contributed by atoms with Crippen molar-refractivity contribution >= 4 is 11.8 Å². The van der Waals surface area contributed by atoms with Gasteiger partial charge in [0.2, 0.25) is 11.8 Å². The highest BCUT2D eigenvalue weighted by Crippen LogP contribution is 2.14. The van der Waals surface area contributed by atoms with E-state index >= 15 is 0 Å². The van der Waals surface area contributed by atoms with Crippen molar-refractivity contribution in [1.29, 1.82) is 0 Å². The summed E-state index contributed by atoms with van der Waals surface area (Å²) in [7, 11) is 1.63. The van der Waals surface area contributed by atoms with Crippen LogP contribution in [0.1, 0.15) is 25.8 Å². The molecule has 6 nitrogen and oxygen atoms in total. The van der Waals surface area contributed by atoms with Gasteiger partial charge in [0.1, 0.15) is 5.75 Å². The van der Waals surface area contributed by atoms with Gasteiger partial charge in [-0.05, 0) is 24.2 Å². The number of nitrogens with zero attached hydrogens (tertiary/aromatic N) is 3. The molecule has 1 aliphatic rings. The highest BCUT2D eigenvalue weighted by Gasteiger charge is 2.21. The maximum Gasteiger partial charge on any atom is 0.224 e. The number of hydrogen-bond donors (Lipinski definition) is 0. The molecule has 0 spiro atoms. The minimum Gasteiger partial charge on any atom is -0.497 e. The lowest BCUT2D eigenvalue weighted by molar-refractivity contribution is -0.135. The van der Waals surface area contributed by atoms with Gasteiger partial charge in [0.25, 0.3) is 0 Å². The Balaban J connectivity index is 1.84. The Kier molecular flexibility index (Phi) is 7.25. The summed E-state index contributed by atoms with van der Waals surface area (Å²) in [5.74, 6) is 0.913. The molecular formula is C19H29N3O3. The smallest absolute Gasteiger partial charge is 0.224 e. The second-order valence-electron chi connectivity index (χ2n) is 6.35. The van der Waals surface area contributed by atoms with Crippen LogP contribution < -0.4 is 4.74 Å². The maximum absolute atomic E-state index is 12.4. The summed E-state index contributed by atoms with van der Waals surface area (Å²) in [6.45, 7) is 9.12. The standard InChI is InChI=1S/C19H29N3O3/c1-4-20-11-13-21(14-12-20)19(24)9-10-22(16(2)23)15-17-5-7-18(25-3)8-6-17/h5-8H,4,9-15H2,1-3H3. The zero-order chi connectivity index (χ0) is 18.2. The Morgan fingerprint density at radius 3 is 2.28 bits per heavy atom. The molecule has 1 aliphatic heterocycles. The van der Waals surface area contributed by atoms with E-state index in [1.165, 1.54) is 0 Å². The van der Waals surface area contributed by atoms with E-state index < -0.39 is 0 Å².